The quantitative estimate of drug-likeness (QED) is 0.649. The maximum Gasteiger partial charge on any atom is 0.238 e. The molecule has 1 aromatic heterocycles. The highest BCUT2D eigenvalue weighted by atomic mass is 32.2. The van der Waals surface area contributed by atoms with E-state index in [-0.39, 0.29) is 10.8 Å². The van der Waals surface area contributed by atoms with Crippen LogP contribution in [0.2, 0.25) is 0 Å². The smallest absolute Gasteiger partial charge is 0.238 e. The average Bonchev–Trinajstić information content (AvgIpc) is 3.13. The normalized spacial score (nSPS) is 16.1. The molecular formula is C19H27N5O4S. The summed E-state index contributed by atoms with van der Waals surface area (Å²) in [6, 6.07) is 6.37. The average molecular weight is 422 g/mol. The lowest BCUT2D eigenvalue weighted by Crippen LogP contribution is -2.36. The van der Waals surface area contributed by atoms with Crippen LogP contribution >= 0.6 is 0 Å². The van der Waals surface area contributed by atoms with Crippen molar-refractivity contribution in [2.45, 2.75) is 43.4 Å². The first kappa shape index (κ1) is 21.4. The van der Waals surface area contributed by atoms with Gasteiger partial charge < -0.3 is 14.7 Å². The molecule has 1 aromatic carbocycles. The van der Waals surface area contributed by atoms with E-state index in [0.29, 0.717) is 31.1 Å². The molecule has 2 aromatic rings. The third kappa shape index (κ3) is 6.34. The number of primary sulfonamides is 1. The molecule has 9 nitrogen and oxygen atoms in total. The highest BCUT2D eigenvalue weighted by Crippen LogP contribution is 2.26. The molecular weight excluding hydrogens is 394 g/mol. The number of nitrogens with two attached hydrogens (primary N) is 1. The monoisotopic (exact) mass is 421 g/mol. The second-order valence-corrected chi connectivity index (χ2v) is 8.90. The summed E-state index contributed by atoms with van der Waals surface area (Å²) in [5.74, 6) is 1.71. The van der Waals surface area contributed by atoms with Gasteiger partial charge in [-0.05, 0) is 57.0 Å². The van der Waals surface area contributed by atoms with Crippen molar-refractivity contribution in [3.63, 3.8) is 0 Å². The van der Waals surface area contributed by atoms with E-state index in [0.717, 1.165) is 43.9 Å². The molecule has 29 heavy (non-hydrogen) atoms. The van der Waals surface area contributed by atoms with E-state index < -0.39 is 10.0 Å². The van der Waals surface area contributed by atoms with Gasteiger partial charge in [0.05, 0.1) is 4.90 Å². The van der Waals surface area contributed by atoms with Gasteiger partial charge in [0.2, 0.25) is 21.8 Å². The van der Waals surface area contributed by atoms with Gasteiger partial charge in [-0.1, -0.05) is 17.3 Å². The highest BCUT2D eigenvalue weighted by molar-refractivity contribution is 7.89. The van der Waals surface area contributed by atoms with Crippen LogP contribution in [0.1, 0.15) is 42.5 Å². The van der Waals surface area contributed by atoms with E-state index >= 15 is 0 Å². The molecule has 0 saturated carbocycles. The van der Waals surface area contributed by atoms with Crippen LogP contribution in [0.3, 0.4) is 0 Å². The maximum absolute atomic E-state index is 12.1. The molecule has 0 radical (unpaired) electrons. The summed E-state index contributed by atoms with van der Waals surface area (Å²) in [4.78, 5) is 18.8. The van der Waals surface area contributed by atoms with Gasteiger partial charge in [0.1, 0.15) is 0 Å². The van der Waals surface area contributed by atoms with Crippen molar-refractivity contribution in [1.29, 1.82) is 0 Å². The molecule has 2 heterocycles. The van der Waals surface area contributed by atoms with Gasteiger partial charge in [0, 0.05) is 25.4 Å². The lowest BCUT2D eigenvalue weighted by Gasteiger charge is -2.30. The van der Waals surface area contributed by atoms with Crippen molar-refractivity contribution >= 4 is 15.9 Å². The zero-order valence-electron chi connectivity index (χ0n) is 16.5. The van der Waals surface area contributed by atoms with Gasteiger partial charge in [-0.25, -0.2) is 13.6 Å². The molecule has 0 atom stereocenters. The molecule has 1 amide bonds. The number of hydrogen-bond acceptors (Lipinski definition) is 7. The van der Waals surface area contributed by atoms with E-state index in [9.17, 15) is 13.2 Å². The van der Waals surface area contributed by atoms with Crippen LogP contribution in [0.5, 0.6) is 0 Å². The summed E-state index contributed by atoms with van der Waals surface area (Å²) in [6.45, 7) is 4.88. The molecule has 3 N–H and O–H groups in total. The lowest BCUT2D eigenvalue weighted by molar-refractivity contribution is -0.121. The Morgan fingerprint density at radius 3 is 2.55 bits per heavy atom. The summed E-state index contributed by atoms with van der Waals surface area (Å²) in [6.07, 6.45) is 3.00. The van der Waals surface area contributed by atoms with Crippen molar-refractivity contribution in [3.05, 3.63) is 41.5 Å². The molecule has 3 rings (SSSR count). The second-order valence-electron chi connectivity index (χ2n) is 7.33. The van der Waals surface area contributed by atoms with Crippen LogP contribution in [0.4, 0.5) is 0 Å². The van der Waals surface area contributed by atoms with Crippen LogP contribution in [0.25, 0.3) is 0 Å². The number of benzene rings is 1. The topological polar surface area (TPSA) is 131 Å². The number of piperidine rings is 1. The molecule has 1 aliphatic rings. The van der Waals surface area contributed by atoms with Gasteiger partial charge >= 0.3 is 0 Å². The van der Waals surface area contributed by atoms with E-state index in [1.807, 2.05) is 6.92 Å². The summed E-state index contributed by atoms with van der Waals surface area (Å²) in [5, 5.41) is 11.8. The SMILES string of the molecule is Cc1noc(C2CCN(CCC(=O)NCCc3ccc(S(N)(=O)=O)cc3)CC2)n1. The molecule has 0 aliphatic carbocycles. The second kappa shape index (κ2) is 9.47. The first-order chi connectivity index (χ1) is 13.8. The Hall–Kier alpha value is -2.30. The zero-order chi connectivity index (χ0) is 20.9. The summed E-state index contributed by atoms with van der Waals surface area (Å²) in [5.41, 5.74) is 0.941. The van der Waals surface area contributed by atoms with Crippen molar-refractivity contribution in [2.75, 3.05) is 26.2 Å². The summed E-state index contributed by atoms with van der Waals surface area (Å²) in [7, 11) is -3.68. The van der Waals surface area contributed by atoms with Gasteiger partial charge in [0.15, 0.2) is 5.82 Å². The number of likely N-dealkylation sites (tertiary alicyclic amines) is 1. The number of nitrogens with one attached hydrogen (secondary N) is 1. The Balaban J connectivity index is 1.32. The minimum absolute atomic E-state index is 0.0146. The first-order valence-electron chi connectivity index (χ1n) is 9.72. The van der Waals surface area contributed by atoms with Crippen molar-refractivity contribution in [1.82, 2.24) is 20.4 Å². The fraction of sp³-hybridized carbons (Fsp3) is 0.526. The Bertz CT molecular complexity index is 918. The number of aromatic nitrogens is 2. The van der Waals surface area contributed by atoms with Crippen LogP contribution in [-0.2, 0) is 21.2 Å². The molecule has 1 fully saturated rings. The summed E-state index contributed by atoms with van der Waals surface area (Å²) >= 11 is 0. The van der Waals surface area contributed by atoms with Crippen molar-refractivity contribution in [2.24, 2.45) is 5.14 Å². The molecule has 158 valence electrons. The number of rotatable bonds is 8. The van der Waals surface area contributed by atoms with E-state index in [2.05, 4.69) is 20.4 Å². The molecule has 0 bridgehead atoms. The van der Waals surface area contributed by atoms with Crippen molar-refractivity contribution in [3.8, 4) is 0 Å². The number of amides is 1. The Kier molecular flexibility index (Phi) is 6.99. The number of hydrogen-bond donors (Lipinski definition) is 2. The Morgan fingerprint density at radius 2 is 1.97 bits per heavy atom. The minimum Gasteiger partial charge on any atom is -0.356 e. The minimum atomic E-state index is -3.68. The van der Waals surface area contributed by atoms with E-state index in [4.69, 9.17) is 9.66 Å². The standard InChI is InChI=1S/C19H27N5O4S/c1-14-22-19(28-23-14)16-7-11-24(12-8-16)13-9-18(25)21-10-6-15-2-4-17(5-3-15)29(20,26)27/h2-5,16H,6-13H2,1H3,(H,21,25)(H2,20,26,27). The number of carbonyl (C=O) groups is 1. The predicted octanol–water partition coefficient (Wildman–Crippen LogP) is 0.954. The van der Waals surface area contributed by atoms with Crippen LogP contribution in [-0.4, -0.2) is 55.5 Å². The number of carbonyl (C=O) groups excluding carboxylic acids is 1. The lowest BCUT2D eigenvalue weighted by atomic mass is 9.96. The van der Waals surface area contributed by atoms with E-state index in [1.54, 1.807) is 12.1 Å². The Labute approximate surface area is 170 Å². The third-order valence-corrected chi connectivity index (χ3v) is 6.05. The van der Waals surface area contributed by atoms with Gasteiger partial charge in [-0.3, -0.25) is 4.79 Å². The largest absolute Gasteiger partial charge is 0.356 e. The van der Waals surface area contributed by atoms with Gasteiger partial charge in [-0.15, -0.1) is 0 Å². The third-order valence-electron chi connectivity index (χ3n) is 5.12. The van der Waals surface area contributed by atoms with E-state index in [1.165, 1.54) is 12.1 Å². The van der Waals surface area contributed by atoms with Crippen LogP contribution < -0.4 is 10.5 Å². The maximum atomic E-state index is 12.1. The fourth-order valence-electron chi connectivity index (χ4n) is 3.42. The molecule has 10 heteroatoms. The highest BCUT2D eigenvalue weighted by Gasteiger charge is 2.24. The molecule has 0 spiro atoms. The van der Waals surface area contributed by atoms with Gasteiger partial charge in [-0.2, -0.15) is 4.98 Å². The molecule has 1 saturated heterocycles. The zero-order valence-corrected chi connectivity index (χ0v) is 17.3. The molecule has 1 aliphatic heterocycles. The first-order valence-corrected chi connectivity index (χ1v) is 11.3. The number of sulfonamides is 1. The van der Waals surface area contributed by atoms with Gasteiger partial charge in [0.25, 0.3) is 0 Å². The fourth-order valence-corrected chi connectivity index (χ4v) is 3.94. The number of aryl methyl sites for hydroxylation is 1. The molecule has 0 unspecified atom stereocenters. The van der Waals surface area contributed by atoms with Crippen LogP contribution in [0.15, 0.2) is 33.7 Å². The predicted molar refractivity (Wildman–Crippen MR) is 107 cm³/mol. The summed E-state index contributed by atoms with van der Waals surface area (Å²) < 4.78 is 27.8. The van der Waals surface area contributed by atoms with Crippen LogP contribution in [0, 0.1) is 6.92 Å². The van der Waals surface area contributed by atoms with Crippen molar-refractivity contribution < 1.29 is 17.7 Å². The number of nitrogens with zero attached hydrogens (tertiary/aromatic N) is 3. The Morgan fingerprint density at radius 1 is 1.28 bits per heavy atom.